The summed E-state index contributed by atoms with van der Waals surface area (Å²) in [6.07, 6.45) is 3.79. The highest BCUT2D eigenvalue weighted by Gasteiger charge is 2.20. The molecule has 1 aliphatic carbocycles. The molecule has 0 spiro atoms. The van der Waals surface area contributed by atoms with Crippen molar-refractivity contribution in [3.05, 3.63) is 35.4 Å². The van der Waals surface area contributed by atoms with Gasteiger partial charge in [0.05, 0.1) is 6.10 Å². The molecule has 1 saturated carbocycles. The fourth-order valence-corrected chi connectivity index (χ4v) is 2.12. The third-order valence-corrected chi connectivity index (χ3v) is 3.74. The normalized spacial score (nSPS) is 20.7. The molecule has 0 amide bonds. The molecule has 1 N–H and O–H groups in total. The fourth-order valence-electron chi connectivity index (χ4n) is 2.12. The van der Waals surface area contributed by atoms with Gasteiger partial charge in [-0.15, -0.1) is 0 Å². The van der Waals surface area contributed by atoms with Gasteiger partial charge in [0.25, 0.3) is 0 Å². The van der Waals surface area contributed by atoms with Crippen LogP contribution in [0.25, 0.3) is 0 Å². The molecule has 1 nitrogen and oxygen atoms in total. The van der Waals surface area contributed by atoms with E-state index in [0.29, 0.717) is 0 Å². The SMILES string of the molecule is CC(O)C(C)c1cccc(C2CCC2)c1. The van der Waals surface area contributed by atoms with Crippen LogP contribution in [0.3, 0.4) is 0 Å². The average Bonchev–Trinajstić information content (AvgIpc) is 2.14. The maximum Gasteiger partial charge on any atom is 0.0577 e. The van der Waals surface area contributed by atoms with Gasteiger partial charge in [0, 0.05) is 5.92 Å². The maximum absolute atomic E-state index is 9.57. The third kappa shape index (κ3) is 2.23. The first-order chi connectivity index (χ1) is 7.18. The van der Waals surface area contributed by atoms with Crippen LogP contribution in [0, 0.1) is 0 Å². The van der Waals surface area contributed by atoms with E-state index in [1.54, 1.807) is 0 Å². The van der Waals surface area contributed by atoms with Crippen LogP contribution in [-0.2, 0) is 0 Å². The Labute approximate surface area is 92.1 Å². The Bertz CT molecular complexity index is 326. The molecule has 2 unspecified atom stereocenters. The highest BCUT2D eigenvalue weighted by molar-refractivity contribution is 5.30. The largest absolute Gasteiger partial charge is 0.393 e. The van der Waals surface area contributed by atoms with Crippen molar-refractivity contribution in [3.8, 4) is 0 Å². The van der Waals surface area contributed by atoms with Crippen molar-refractivity contribution in [2.45, 2.75) is 51.0 Å². The van der Waals surface area contributed by atoms with Gasteiger partial charge in [0.15, 0.2) is 0 Å². The molecule has 0 bridgehead atoms. The van der Waals surface area contributed by atoms with Crippen molar-refractivity contribution < 1.29 is 5.11 Å². The molecule has 82 valence electrons. The molecule has 0 aromatic heterocycles. The minimum Gasteiger partial charge on any atom is -0.393 e. The van der Waals surface area contributed by atoms with Crippen molar-refractivity contribution in [1.29, 1.82) is 0 Å². The second-order valence-corrected chi connectivity index (χ2v) is 4.83. The lowest BCUT2D eigenvalue weighted by Gasteiger charge is -2.27. The lowest BCUT2D eigenvalue weighted by atomic mass is 9.79. The average molecular weight is 204 g/mol. The summed E-state index contributed by atoms with van der Waals surface area (Å²) in [7, 11) is 0. The highest BCUT2D eigenvalue weighted by Crippen LogP contribution is 2.37. The number of hydrogen-bond donors (Lipinski definition) is 1. The second kappa shape index (κ2) is 4.36. The van der Waals surface area contributed by atoms with Crippen molar-refractivity contribution in [3.63, 3.8) is 0 Å². The van der Waals surface area contributed by atoms with Gasteiger partial charge >= 0.3 is 0 Å². The zero-order chi connectivity index (χ0) is 10.8. The Kier molecular flexibility index (Phi) is 3.11. The van der Waals surface area contributed by atoms with Gasteiger partial charge in [-0.25, -0.2) is 0 Å². The molecule has 1 heteroatoms. The number of hydrogen-bond acceptors (Lipinski definition) is 1. The molecule has 1 aromatic rings. The summed E-state index contributed by atoms with van der Waals surface area (Å²) < 4.78 is 0. The molecule has 0 saturated heterocycles. The lowest BCUT2D eigenvalue weighted by Crippen LogP contribution is -2.13. The molecule has 15 heavy (non-hydrogen) atoms. The monoisotopic (exact) mass is 204 g/mol. The summed E-state index contributed by atoms with van der Waals surface area (Å²) in [5, 5.41) is 9.57. The number of benzene rings is 1. The first kappa shape index (κ1) is 10.7. The minimum atomic E-state index is -0.262. The van der Waals surface area contributed by atoms with E-state index in [-0.39, 0.29) is 12.0 Å². The molecule has 2 atom stereocenters. The topological polar surface area (TPSA) is 20.2 Å². The van der Waals surface area contributed by atoms with Crippen LogP contribution < -0.4 is 0 Å². The van der Waals surface area contributed by atoms with Gasteiger partial charge in [-0.05, 0) is 36.8 Å². The van der Waals surface area contributed by atoms with Gasteiger partial charge in [0.1, 0.15) is 0 Å². The predicted octanol–water partition coefficient (Wildman–Crippen LogP) is 3.44. The van der Waals surface area contributed by atoms with Crippen LogP contribution >= 0.6 is 0 Å². The van der Waals surface area contributed by atoms with Crippen LogP contribution in [0.5, 0.6) is 0 Å². The van der Waals surface area contributed by atoms with Gasteiger partial charge in [0.2, 0.25) is 0 Å². The molecule has 1 aromatic carbocycles. The van der Waals surface area contributed by atoms with Crippen molar-refractivity contribution in [2.75, 3.05) is 0 Å². The standard InChI is InChI=1S/C14H20O/c1-10(11(2)15)13-7-4-8-14(9-13)12-5-3-6-12/h4,7-12,15H,3,5-6H2,1-2H3. The highest BCUT2D eigenvalue weighted by atomic mass is 16.3. The summed E-state index contributed by atoms with van der Waals surface area (Å²) in [5.74, 6) is 1.02. The third-order valence-electron chi connectivity index (χ3n) is 3.74. The van der Waals surface area contributed by atoms with Gasteiger partial charge in [-0.3, -0.25) is 0 Å². The smallest absolute Gasteiger partial charge is 0.0577 e. The van der Waals surface area contributed by atoms with Crippen molar-refractivity contribution in [1.82, 2.24) is 0 Å². The number of aliphatic hydroxyl groups is 1. The van der Waals surface area contributed by atoms with E-state index in [2.05, 4.69) is 31.2 Å². The predicted molar refractivity (Wildman–Crippen MR) is 63.1 cm³/mol. The van der Waals surface area contributed by atoms with E-state index >= 15 is 0 Å². The Balaban J connectivity index is 2.18. The minimum absolute atomic E-state index is 0.241. The molecule has 0 aliphatic heterocycles. The molecule has 0 heterocycles. The van der Waals surface area contributed by atoms with Crippen LogP contribution in [0.4, 0.5) is 0 Å². The van der Waals surface area contributed by atoms with Crippen molar-refractivity contribution in [2.24, 2.45) is 0 Å². The van der Waals surface area contributed by atoms with E-state index in [4.69, 9.17) is 0 Å². The van der Waals surface area contributed by atoms with Crippen LogP contribution in [0.15, 0.2) is 24.3 Å². The zero-order valence-corrected chi connectivity index (χ0v) is 9.61. The molecular weight excluding hydrogens is 184 g/mol. The number of rotatable bonds is 3. The molecular formula is C14H20O. The quantitative estimate of drug-likeness (QED) is 0.799. The van der Waals surface area contributed by atoms with Crippen LogP contribution in [-0.4, -0.2) is 11.2 Å². The van der Waals surface area contributed by atoms with E-state index in [0.717, 1.165) is 5.92 Å². The van der Waals surface area contributed by atoms with E-state index < -0.39 is 0 Å². The Morgan fingerprint density at radius 2 is 2.00 bits per heavy atom. The molecule has 0 radical (unpaired) electrons. The number of aliphatic hydroxyl groups excluding tert-OH is 1. The van der Waals surface area contributed by atoms with Gasteiger partial charge in [-0.2, -0.15) is 0 Å². The van der Waals surface area contributed by atoms with Crippen LogP contribution in [0.1, 0.15) is 56.1 Å². The summed E-state index contributed by atoms with van der Waals surface area (Å²) >= 11 is 0. The maximum atomic E-state index is 9.57. The summed E-state index contributed by atoms with van der Waals surface area (Å²) in [6.45, 7) is 3.95. The lowest BCUT2D eigenvalue weighted by molar-refractivity contribution is 0.169. The summed E-state index contributed by atoms with van der Waals surface area (Å²) in [6, 6.07) is 8.75. The molecule has 1 aliphatic rings. The van der Waals surface area contributed by atoms with Crippen LogP contribution in [0.2, 0.25) is 0 Å². The van der Waals surface area contributed by atoms with E-state index in [1.807, 2.05) is 6.92 Å². The first-order valence-electron chi connectivity index (χ1n) is 5.96. The molecule has 1 fully saturated rings. The fraction of sp³-hybridized carbons (Fsp3) is 0.571. The van der Waals surface area contributed by atoms with Gasteiger partial charge in [-0.1, -0.05) is 37.6 Å². The zero-order valence-electron chi connectivity index (χ0n) is 9.61. The summed E-state index contributed by atoms with van der Waals surface area (Å²) in [5.41, 5.74) is 2.74. The second-order valence-electron chi connectivity index (χ2n) is 4.83. The summed E-state index contributed by atoms with van der Waals surface area (Å²) in [4.78, 5) is 0. The first-order valence-corrected chi connectivity index (χ1v) is 5.96. The van der Waals surface area contributed by atoms with E-state index in [9.17, 15) is 5.11 Å². The molecule has 2 rings (SSSR count). The Hall–Kier alpha value is -0.820. The van der Waals surface area contributed by atoms with Gasteiger partial charge < -0.3 is 5.11 Å². The Morgan fingerprint density at radius 3 is 2.53 bits per heavy atom. The van der Waals surface area contributed by atoms with E-state index in [1.165, 1.54) is 30.4 Å². The Morgan fingerprint density at radius 1 is 1.27 bits per heavy atom. The van der Waals surface area contributed by atoms with Crippen molar-refractivity contribution >= 4 is 0 Å².